The van der Waals surface area contributed by atoms with Crippen molar-refractivity contribution in [2.45, 2.75) is 25.9 Å². The van der Waals surface area contributed by atoms with E-state index in [1.165, 1.54) is 12.1 Å². The largest absolute Gasteiger partial charge is 0.366 e. The highest BCUT2D eigenvalue weighted by atomic mass is 19.1. The van der Waals surface area contributed by atoms with Gasteiger partial charge in [0.15, 0.2) is 0 Å². The summed E-state index contributed by atoms with van der Waals surface area (Å²) in [5.74, 6) is -0.266. The molecule has 3 rings (SSSR count). The number of rotatable bonds is 2. The van der Waals surface area contributed by atoms with Gasteiger partial charge in [0.1, 0.15) is 5.82 Å². The highest BCUT2D eigenvalue weighted by Gasteiger charge is 2.27. The van der Waals surface area contributed by atoms with E-state index in [2.05, 4.69) is 24.1 Å². The van der Waals surface area contributed by atoms with E-state index in [9.17, 15) is 9.18 Å². The van der Waals surface area contributed by atoms with Gasteiger partial charge in [0.25, 0.3) is 5.91 Å². The quantitative estimate of drug-likeness (QED) is 0.896. The molecule has 5 heteroatoms. The zero-order valence-corrected chi connectivity index (χ0v) is 12.8. The molecule has 1 saturated heterocycles. The summed E-state index contributed by atoms with van der Waals surface area (Å²) < 4.78 is 13.1. The second-order valence-electron chi connectivity index (χ2n) is 5.97. The number of aromatic nitrogens is 1. The summed E-state index contributed by atoms with van der Waals surface area (Å²) in [6.07, 6.45) is 3.51. The molecule has 1 amide bonds. The second kappa shape index (κ2) is 5.93. The summed E-state index contributed by atoms with van der Waals surface area (Å²) in [5, 5.41) is 3.42. The number of aromatic amines is 1. The molecule has 1 aromatic carbocycles. The van der Waals surface area contributed by atoms with Gasteiger partial charge in [-0.25, -0.2) is 4.39 Å². The van der Waals surface area contributed by atoms with E-state index in [0.29, 0.717) is 18.7 Å². The number of H-pyrrole nitrogens is 1. The molecule has 2 N–H and O–H groups in total. The SMILES string of the molecule is C[C@@H]1CN(C(=O)c2c[nH]cc2-c2ccc(F)cc2)C[C@@H](C)N1. The van der Waals surface area contributed by atoms with Crippen LogP contribution in [0.5, 0.6) is 0 Å². The molecule has 1 aliphatic rings. The van der Waals surface area contributed by atoms with Gasteiger partial charge in [0.2, 0.25) is 0 Å². The Bertz CT molecular complexity index is 655. The number of hydrogen-bond acceptors (Lipinski definition) is 2. The number of halogens is 1. The van der Waals surface area contributed by atoms with E-state index in [1.54, 1.807) is 24.5 Å². The summed E-state index contributed by atoms with van der Waals surface area (Å²) in [6.45, 7) is 5.54. The van der Waals surface area contributed by atoms with Crippen molar-refractivity contribution in [2.75, 3.05) is 13.1 Å². The number of nitrogens with one attached hydrogen (secondary N) is 2. The van der Waals surface area contributed by atoms with Crippen LogP contribution in [0.2, 0.25) is 0 Å². The van der Waals surface area contributed by atoms with Crippen LogP contribution in [0.3, 0.4) is 0 Å². The van der Waals surface area contributed by atoms with Crippen molar-refractivity contribution in [2.24, 2.45) is 0 Å². The molecule has 4 nitrogen and oxygen atoms in total. The van der Waals surface area contributed by atoms with Gasteiger partial charge in [-0.15, -0.1) is 0 Å². The summed E-state index contributed by atoms with van der Waals surface area (Å²) in [5.41, 5.74) is 2.28. The van der Waals surface area contributed by atoms with Gasteiger partial charge in [-0.05, 0) is 31.5 Å². The van der Waals surface area contributed by atoms with Gasteiger partial charge in [-0.3, -0.25) is 4.79 Å². The Morgan fingerprint density at radius 2 is 1.77 bits per heavy atom. The van der Waals surface area contributed by atoms with Crippen LogP contribution in [0, 0.1) is 5.82 Å². The van der Waals surface area contributed by atoms with Crippen molar-refractivity contribution in [1.82, 2.24) is 15.2 Å². The topological polar surface area (TPSA) is 48.1 Å². The number of nitrogens with zero attached hydrogens (tertiary/aromatic N) is 1. The molecular formula is C17H20FN3O. The number of carbonyl (C=O) groups excluding carboxylic acids is 1. The van der Waals surface area contributed by atoms with Crippen LogP contribution in [0.25, 0.3) is 11.1 Å². The Morgan fingerprint density at radius 1 is 1.14 bits per heavy atom. The third kappa shape index (κ3) is 2.90. The predicted octanol–water partition coefficient (Wildman–Crippen LogP) is 2.64. The van der Waals surface area contributed by atoms with Crippen molar-refractivity contribution in [3.63, 3.8) is 0 Å². The Kier molecular flexibility index (Phi) is 3.98. The second-order valence-corrected chi connectivity index (χ2v) is 5.97. The lowest BCUT2D eigenvalue weighted by Gasteiger charge is -2.36. The monoisotopic (exact) mass is 301 g/mol. The average molecular weight is 301 g/mol. The van der Waals surface area contributed by atoms with E-state index in [-0.39, 0.29) is 23.8 Å². The van der Waals surface area contributed by atoms with Crippen LogP contribution in [-0.4, -0.2) is 41.0 Å². The van der Waals surface area contributed by atoms with Crippen molar-refractivity contribution < 1.29 is 9.18 Å². The van der Waals surface area contributed by atoms with Crippen LogP contribution in [0.15, 0.2) is 36.7 Å². The standard InChI is InChI=1S/C17H20FN3O/c1-11-9-21(10-12(2)20-11)17(22)16-8-19-7-15(16)13-3-5-14(18)6-4-13/h3-8,11-12,19-20H,9-10H2,1-2H3/t11-,12-/m1/s1. The Balaban J connectivity index is 1.88. The molecule has 1 aliphatic heterocycles. The lowest BCUT2D eigenvalue weighted by Crippen LogP contribution is -2.55. The first-order valence-corrected chi connectivity index (χ1v) is 7.52. The zero-order chi connectivity index (χ0) is 15.7. The Morgan fingerprint density at radius 3 is 2.41 bits per heavy atom. The van der Waals surface area contributed by atoms with Gasteiger partial charge < -0.3 is 15.2 Å². The van der Waals surface area contributed by atoms with Gasteiger partial charge in [-0.2, -0.15) is 0 Å². The lowest BCUT2D eigenvalue weighted by atomic mass is 10.0. The van der Waals surface area contributed by atoms with E-state index in [0.717, 1.165) is 11.1 Å². The number of amides is 1. The molecule has 116 valence electrons. The van der Waals surface area contributed by atoms with Crippen molar-refractivity contribution >= 4 is 5.91 Å². The van der Waals surface area contributed by atoms with Crippen molar-refractivity contribution in [3.05, 3.63) is 48.0 Å². The van der Waals surface area contributed by atoms with Crippen LogP contribution < -0.4 is 5.32 Å². The normalized spacial score (nSPS) is 21.9. The zero-order valence-electron chi connectivity index (χ0n) is 12.8. The molecule has 2 heterocycles. The maximum Gasteiger partial charge on any atom is 0.256 e. The minimum Gasteiger partial charge on any atom is -0.366 e. The van der Waals surface area contributed by atoms with E-state index < -0.39 is 0 Å². The number of hydrogen-bond donors (Lipinski definition) is 2. The van der Waals surface area contributed by atoms with Crippen molar-refractivity contribution in [3.8, 4) is 11.1 Å². The third-order valence-electron chi connectivity index (χ3n) is 3.98. The van der Waals surface area contributed by atoms with Crippen LogP contribution in [0.1, 0.15) is 24.2 Å². The molecule has 1 aromatic heterocycles. The van der Waals surface area contributed by atoms with E-state index >= 15 is 0 Å². The first kappa shape index (κ1) is 14.8. The molecule has 0 saturated carbocycles. The van der Waals surface area contributed by atoms with E-state index in [4.69, 9.17) is 0 Å². The first-order chi connectivity index (χ1) is 10.5. The molecule has 2 aromatic rings. The summed E-state index contributed by atoms with van der Waals surface area (Å²) in [7, 11) is 0. The minimum absolute atomic E-state index is 0.0146. The fourth-order valence-electron chi connectivity index (χ4n) is 3.07. The number of benzene rings is 1. The first-order valence-electron chi connectivity index (χ1n) is 7.52. The highest BCUT2D eigenvalue weighted by molar-refractivity contribution is 6.00. The lowest BCUT2D eigenvalue weighted by molar-refractivity contribution is 0.0675. The van der Waals surface area contributed by atoms with E-state index in [1.807, 2.05) is 4.90 Å². The molecule has 0 radical (unpaired) electrons. The van der Waals surface area contributed by atoms with Crippen LogP contribution in [0.4, 0.5) is 4.39 Å². The highest BCUT2D eigenvalue weighted by Crippen LogP contribution is 2.25. The van der Waals surface area contributed by atoms with Gasteiger partial charge in [0, 0.05) is 43.1 Å². The Hall–Kier alpha value is -2.14. The van der Waals surface area contributed by atoms with Gasteiger partial charge in [-0.1, -0.05) is 12.1 Å². The molecule has 0 spiro atoms. The third-order valence-corrected chi connectivity index (χ3v) is 3.98. The van der Waals surface area contributed by atoms with Crippen LogP contribution >= 0.6 is 0 Å². The molecular weight excluding hydrogens is 281 g/mol. The summed E-state index contributed by atoms with van der Waals surface area (Å²) in [6, 6.07) is 6.76. The summed E-state index contributed by atoms with van der Waals surface area (Å²) >= 11 is 0. The molecule has 0 unspecified atom stereocenters. The minimum atomic E-state index is -0.281. The fraction of sp³-hybridized carbons (Fsp3) is 0.353. The fourth-order valence-corrected chi connectivity index (χ4v) is 3.07. The summed E-state index contributed by atoms with van der Waals surface area (Å²) in [4.78, 5) is 17.7. The predicted molar refractivity (Wildman–Crippen MR) is 84.1 cm³/mol. The maximum atomic E-state index is 13.1. The molecule has 2 atom stereocenters. The number of carbonyl (C=O) groups is 1. The van der Waals surface area contributed by atoms with Crippen LogP contribution in [-0.2, 0) is 0 Å². The Labute approximate surface area is 129 Å². The van der Waals surface area contributed by atoms with Gasteiger partial charge in [0.05, 0.1) is 5.56 Å². The molecule has 22 heavy (non-hydrogen) atoms. The molecule has 0 bridgehead atoms. The maximum absolute atomic E-state index is 13.1. The molecule has 1 fully saturated rings. The smallest absolute Gasteiger partial charge is 0.256 e. The molecule has 0 aliphatic carbocycles. The average Bonchev–Trinajstić information content (AvgIpc) is 2.95. The number of piperazine rings is 1. The van der Waals surface area contributed by atoms with Crippen molar-refractivity contribution in [1.29, 1.82) is 0 Å². The van der Waals surface area contributed by atoms with Gasteiger partial charge >= 0.3 is 0 Å².